The summed E-state index contributed by atoms with van der Waals surface area (Å²) in [7, 11) is 0. The maximum absolute atomic E-state index is 6.27. The Morgan fingerprint density at radius 1 is 0.900 bits per heavy atom. The molecule has 0 aromatic rings. The lowest BCUT2D eigenvalue weighted by molar-refractivity contribution is -0.0704. The van der Waals surface area contributed by atoms with Gasteiger partial charge in [0.15, 0.2) is 0 Å². The number of hydrogen-bond acceptors (Lipinski definition) is 2. The van der Waals surface area contributed by atoms with Crippen LogP contribution in [-0.2, 0) is 9.47 Å². The van der Waals surface area contributed by atoms with Crippen molar-refractivity contribution in [1.29, 1.82) is 0 Å². The van der Waals surface area contributed by atoms with E-state index in [4.69, 9.17) is 9.47 Å². The van der Waals surface area contributed by atoms with Gasteiger partial charge in [-0.25, -0.2) is 0 Å². The van der Waals surface area contributed by atoms with Gasteiger partial charge < -0.3 is 9.47 Å². The first-order chi connectivity index (χ1) is 9.69. The molecule has 2 aliphatic carbocycles. The first-order valence-electron chi connectivity index (χ1n) is 8.92. The molecular formula is C18H34O2. The van der Waals surface area contributed by atoms with E-state index in [0.29, 0.717) is 18.1 Å². The van der Waals surface area contributed by atoms with Gasteiger partial charge in [0.25, 0.3) is 0 Å². The van der Waals surface area contributed by atoms with Gasteiger partial charge >= 0.3 is 0 Å². The molecule has 0 amide bonds. The fourth-order valence-corrected chi connectivity index (χ4v) is 3.76. The van der Waals surface area contributed by atoms with E-state index in [-0.39, 0.29) is 0 Å². The number of rotatable bonds is 6. The average molecular weight is 282 g/mol. The van der Waals surface area contributed by atoms with Crippen LogP contribution in [0.2, 0.25) is 0 Å². The summed E-state index contributed by atoms with van der Waals surface area (Å²) in [5.74, 6) is 2.43. The summed E-state index contributed by atoms with van der Waals surface area (Å²) in [5.41, 5.74) is 0. The largest absolute Gasteiger partial charge is 0.378 e. The molecule has 0 N–H and O–H groups in total. The highest BCUT2D eigenvalue weighted by Crippen LogP contribution is 2.32. The first-order valence-corrected chi connectivity index (χ1v) is 8.92. The van der Waals surface area contributed by atoms with Crippen LogP contribution in [0.15, 0.2) is 0 Å². The zero-order valence-corrected chi connectivity index (χ0v) is 13.8. The van der Waals surface area contributed by atoms with E-state index in [1.54, 1.807) is 0 Å². The lowest BCUT2D eigenvalue weighted by Crippen LogP contribution is -2.35. The van der Waals surface area contributed by atoms with Gasteiger partial charge in [-0.3, -0.25) is 0 Å². The van der Waals surface area contributed by atoms with Crippen molar-refractivity contribution >= 4 is 0 Å². The van der Waals surface area contributed by atoms with Crippen molar-refractivity contribution in [2.45, 2.75) is 84.3 Å². The minimum atomic E-state index is 0.482. The summed E-state index contributed by atoms with van der Waals surface area (Å²) in [6.07, 6.45) is 11.2. The van der Waals surface area contributed by atoms with Gasteiger partial charge in [0.2, 0.25) is 0 Å². The number of ether oxygens (including phenoxy) is 2. The normalized spacial score (nSPS) is 38.9. The van der Waals surface area contributed by atoms with E-state index in [2.05, 4.69) is 20.8 Å². The predicted molar refractivity (Wildman–Crippen MR) is 83.9 cm³/mol. The van der Waals surface area contributed by atoms with Crippen molar-refractivity contribution in [3.63, 3.8) is 0 Å². The molecule has 0 aromatic heterocycles. The summed E-state index contributed by atoms with van der Waals surface area (Å²) in [4.78, 5) is 0. The third kappa shape index (κ3) is 5.04. The smallest absolute Gasteiger partial charge is 0.0602 e. The third-order valence-electron chi connectivity index (χ3n) is 5.28. The quantitative estimate of drug-likeness (QED) is 0.696. The van der Waals surface area contributed by atoms with Crippen LogP contribution >= 0.6 is 0 Å². The van der Waals surface area contributed by atoms with Crippen LogP contribution in [0.5, 0.6) is 0 Å². The lowest BCUT2D eigenvalue weighted by atomic mass is 9.83. The van der Waals surface area contributed by atoms with E-state index >= 15 is 0 Å². The van der Waals surface area contributed by atoms with Crippen LogP contribution in [0.3, 0.4) is 0 Å². The van der Waals surface area contributed by atoms with Gasteiger partial charge in [-0.2, -0.15) is 0 Å². The maximum Gasteiger partial charge on any atom is 0.0602 e. The van der Waals surface area contributed by atoms with Crippen molar-refractivity contribution < 1.29 is 9.47 Å². The highest BCUT2D eigenvalue weighted by molar-refractivity contribution is 4.80. The molecule has 20 heavy (non-hydrogen) atoms. The van der Waals surface area contributed by atoms with Crippen LogP contribution in [-0.4, -0.2) is 25.4 Å². The van der Waals surface area contributed by atoms with E-state index < -0.39 is 0 Å². The fourth-order valence-electron chi connectivity index (χ4n) is 3.76. The monoisotopic (exact) mass is 282 g/mol. The molecule has 3 unspecified atom stereocenters. The SMILES string of the molecule is CCCOC1CCC(OCC2CCC(C)CC2)C(C)C1. The van der Waals surface area contributed by atoms with Crippen LogP contribution < -0.4 is 0 Å². The van der Waals surface area contributed by atoms with Crippen molar-refractivity contribution in [2.24, 2.45) is 17.8 Å². The standard InChI is InChI=1S/C18H34O2/c1-4-11-19-17-9-10-18(15(3)12-17)20-13-16-7-5-14(2)6-8-16/h14-18H,4-13H2,1-3H3. The van der Waals surface area contributed by atoms with Crippen LogP contribution in [0.25, 0.3) is 0 Å². The molecule has 2 heteroatoms. The molecule has 2 rings (SSSR count). The molecule has 0 aliphatic heterocycles. The Labute approximate surface area is 125 Å². The Morgan fingerprint density at radius 3 is 2.30 bits per heavy atom. The van der Waals surface area contributed by atoms with Gasteiger partial charge in [-0.05, 0) is 56.3 Å². The zero-order chi connectivity index (χ0) is 14.4. The minimum Gasteiger partial charge on any atom is -0.378 e. The Bertz CT molecular complexity index is 258. The third-order valence-corrected chi connectivity index (χ3v) is 5.28. The zero-order valence-electron chi connectivity index (χ0n) is 13.8. The van der Waals surface area contributed by atoms with Crippen molar-refractivity contribution in [3.05, 3.63) is 0 Å². The van der Waals surface area contributed by atoms with Crippen molar-refractivity contribution in [1.82, 2.24) is 0 Å². The summed E-state index contributed by atoms with van der Waals surface area (Å²) in [6.45, 7) is 8.83. The van der Waals surface area contributed by atoms with Gasteiger partial charge in [0, 0.05) is 13.2 Å². The minimum absolute atomic E-state index is 0.482. The fraction of sp³-hybridized carbons (Fsp3) is 1.00. The van der Waals surface area contributed by atoms with E-state index in [9.17, 15) is 0 Å². The van der Waals surface area contributed by atoms with Gasteiger partial charge in [-0.15, -0.1) is 0 Å². The van der Waals surface area contributed by atoms with E-state index in [0.717, 1.165) is 31.5 Å². The first kappa shape index (κ1) is 16.3. The van der Waals surface area contributed by atoms with Crippen LogP contribution in [0.4, 0.5) is 0 Å². The van der Waals surface area contributed by atoms with Crippen molar-refractivity contribution in [3.8, 4) is 0 Å². The maximum atomic E-state index is 6.27. The highest BCUT2D eigenvalue weighted by atomic mass is 16.5. The summed E-state index contributed by atoms with van der Waals surface area (Å²) < 4.78 is 12.2. The molecule has 2 nitrogen and oxygen atoms in total. The molecule has 0 aromatic carbocycles. The Hall–Kier alpha value is -0.0800. The van der Waals surface area contributed by atoms with Gasteiger partial charge in [0.1, 0.15) is 0 Å². The van der Waals surface area contributed by atoms with Gasteiger partial charge in [-0.1, -0.05) is 33.6 Å². The molecular weight excluding hydrogens is 248 g/mol. The second-order valence-electron chi connectivity index (χ2n) is 7.28. The molecule has 2 fully saturated rings. The van der Waals surface area contributed by atoms with E-state index in [1.807, 2.05) is 0 Å². The summed E-state index contributed by atoms with van der Waals surface area (Å²) in [5, 5.41) is 0. The second-order valence-corrected chi connectivity index (χ2v) is 7.28. The van der Waals surface area contributed by atoms with E-state index in [1.165, 1.54) is 44.9 Å². The molecule has 0 saturated heterocycles. The predicted octanol–water partition coefficient (Wildman–Crippen LogP) is 4.81. The summed E-state index contributed by atoms with van der Waals surface area (Å²) >= 11 is 0. The van der Waals surface area contributed by atoms with Gasteiger partial charge in [0.05, 0.1) is 12.2 Å². The van der Waals surface area contributed by atoms with Crippen LogP contribution in [0.1, 0.15) is 72.1 Å². The second kappa shape index (κ2) is 8.38. The lowest BCUT2D eigenvalue weighted by Gasteiger charge is -2.35. The Balaban J connectivity index is 1.64. The molecule has 0 radical (unpaired) electrons. The summed E-state index contributed by atoms with van der Waals surface area (Å²) in [6, 6.07) is 0. The number of hydrogen-bond donors (Lipinski definition) is 0. The molecule has 0 heterocycles. The Morgan fingerprint density at radius 2 is 1.65 bits per heavy atom. The topological polar surface area (TPSA) is 18.5 Å². The Kier molecular flexibility index (Phi) is 6.83. The van der Waals surface area contributed by atoms with Crippen LogP contribution in [0, 0.1) is 17.8 Å². The molecule has 0 spiro atoms. The molecule has 3 atom stereocenters. The molecule has 2 aliphatic rings. The molecule has 0 bridgehead atoms. The highest BCUT2D eigenvalue weighted by Gasteiger charge is 2.29. The molecule has 2 saturated carbocycles. The van der Waals surface area contributed by atoms with Crippen molar-refractivity contribution in [2.75, 3.05) is 13.2 Å². The average Bonchev–Trinajstić information content (AvgIpc) is 2.46. The molecule has 118 valence electrons.